The molecule has 1 aromatic carbocycles. The van der Waals surface area contributed by atoms with Crippen molar-refractivity contribution in [1.82, 2.24) is 9.89 Å². The molecule has 78 valence electrons. The lowest BCUT2D eigenvalue weighted by atomic mass is 10.2. The fourth-order valence-corrected chi connectivity index (χ4v) is 2.07. The minimum absolute atomic E-state index is 0.542. The molecule has 0 unspecified atom stereocenters. The number of nitrogens with zero attached hydrogens (tertiary/aromatic N) is 3. The maximum atomic E-state index is 10.5. The number of halogens is 2. The molecule has 0 fully saturated rings. The molecule has 7 heteroatoms. The quantitative estimate of drug-likeness (QED) is 0.599. The first kappa shape index (κ1) is 10.4. The van der Waals surface area contributed by atoms with Crippen molar-refractivity contribution >= 4 is 38.4 Å². The Kier molecular flexibility index (Phi) is 2.40. The smallest absolute Gasteiger partial charge is 0.211 e. The van der Waals surface area contributed by atoms with E-state index < -0.39 is 5.03 Å². The first-order valence-corrected chi connectivity index (χ1v) is 5.16. The molecule has 2 aromatic rings. The summed E-state index contributed by atoms with van der Waals surface area (Å²) in [6.07, 6.45) is 1.32. The van der Waals surface area contributed by atoms with Gasteiger partial charge in [-0.05, 0) is 34.5 Å². The van der Waals surface area contributed by atoms with Gasteiger partial charge in [-0.2, -0.15) is 0 Å². The van der Waals surface area contributed by atoms with Crippen LogP contribution in [-0.4, -0.2) is 14.9 Å². The van der Waals surface area contributed by atoms with Crippen molar-refractivity contribution in [3.05, 3.63) is 37.4 Å². The van der Waals surface area contributed by atoms with E-state index >= 15 is 0 Å². The SMILES string of the molecule is Cc1cc2nn([N+](=O)[O-])cc2c(Br)c1Cl. The van der Waals surface area contributed by atoms with E-state index in [2.05, 4.69) is 21.0 Å². The molecular formula is C8H5BrClN3O2. The van der Waals surface area contributed by atoms with E-state index in [0.29, 0.717) is 25.2 Å². The Hall–Kier alpha value is -1.14. The maximum absolute atomic E-state index is 10.5. The van der Waals surface area contributed by atoms with Crippen molar-refractivity contribution in [1.29, 1.82) is 0 Å². The second-order valence-electron chi connectivity index (χ2n) is 3.04. The first-order chi connectivity index (χ1) is 7.00. The largest absolute Gasteiger partial charge is 0.339 e. The topological polar surface area (TPSA) is 61.0 Å². The lowest BCUT2D eigenvalue weighted by molar-refractivity contribution is -0.552. The number of rotatable bonds is 1. The third kappa shape index (κ3) is 1.59. The van der Waals surface area contributed by atoms with Crippen molar-refractivity contribution in [3.8, 4) is 0 Å². The number of aryl methyl sites for hydroxylation is 1. The van der Waals surface area contributed by atoms with Crippen LogP contribution in [0, 0.1) is 17.0 Å². The van der Waals surface area contributed by atoms with Gasteiger partial charge in [0.25, 0.3) is 0 Å². The number of benzene rings is 1. The highest BCUT2D eigenvalue weighted by Gasteiger charge is 2.16. The number of hydrogen-bond donors (Lipinski definition) is 0. The lowest BCUT2D eigenvalue weighted by Gasteiger charge is -1.98. The average molecular weight is 291 g/mol. The van der Waals surface area contributed by atoms with Crippen molar-refractivity contribution in [2.75, 3.05) is 0 Å². The van der Waals surface area contributed by atoms with E-state index in [0.717, 1.165) is 5.56 Å². The van der Waals surface area contributed by atoms with Crippen LogP contribution in [0.3, 0.4) is 0 Å². The Balaban J connectivity index is 2.82. The molecule has 0 atom stereocenters. The summed E-state index contributed by atoms with van der Waals surface area (Å²) in [6, 6.07) is 1.71. The number of fused-ring (bicyclic) bond motifs is 1. The lowest BCUT2D eigenvalue weighted by Crippen LogP contribution is -2.07. The highest BCUT2D eigenvalue weighted by molar-refractivity contribution is 9.10. The second kappa shape index (κ2) is 3.46. The summed E-state index contributed by atoms with van der Waals surface area (Å²) < 4.78 is 0.632. The van der Waals surface area contributed by atoms with E-state index in [1.54, 1.807) is 6.07 Å². The van der Waals surface area contributed by atoms with E-state index in [1.165, 1.54) is 6.20 Å². The van der Waals surface area contributed by atoms with Gasteiger partial charge in [0.05, 0.1) is 20.5 Å². The zero-order chi connectivity index (χ0) is 11.2. The summed E-state index contributed by atoms with van der Waals surface area (Å²) in [4.78, 5) is 11.2. The zero-order valence-corrected chi connectivity index (χ0v) is 9.91. The van der Waals surface area contributed by atoms with Crippen molar-refractivity contribution < 1.29 is 5.03 Å². The predicted octanol–water partition coefficient (Wildman–Crippen LogP) is 2.80. The van der Waals surface area contributed by atoms with Crippen LogP contribution in [0.5, 0.6) is 0 Å². The summed E-state index contributed by atoms with van der Waals surface area (Å²) in [5, 5.41) is 14.9. The molecule has 5 nitrogen and oxygen atoms in total. The first-order valence-electron chi connectivity index (χ1n) is 3.99. The summed E-state index contributed by atoms with van der Waals surface area (Å²) in [5.74, 6) is 0. The van der Waals surface area contributed by atoms with Gasteiger partial charge in [0.1, 0.15) is 6.20 Å². The molecule has 0 aliphatic rings. The van der Waals surface area contributed by atoms with Crippen LogP contribution in [-0.2, 0) is 0 Å². The normalized spacial score (nSPS) is 10.9. The molecule has 0 saturated carbocycles. The minimum Gasteiger partial charge on any atom is -0.339 e. The Bertz CT molecular complexity index is 567. The molecule has 0 saturated heterocycles. The van der Waals surface area contributed by atoms with E-state index in [1.807, 2.05) is 6.92 Å². The summed E-state index contributed by atoms with van der Waals surface area (Å²) in [5.41, 5.74) is 1.37. The van der Waals surface area contributed by atoms with Gasteiger partial charge in [-0.1, -0.05) is 11.6 Å². The molecule has 0 spiro atoms. The fourth-order valence-electron chi connectivity index (χ4n) is 1.29. The Morgan fingerprint density at radius 1 is 1.67 bits per heavy atom. The molecule has 0 bridgehead atoms. The van der Waals surface area contributed by atoms with Crippen LogP contribution < -0.4 is 0 Å². The summed E-state index contributed by atoms with van der Waals surface area (Å²) >= 11 is 9.28. The van der Waals surface area contributed by atoms with Gasteiger partial charge in [-0.3, -0.25) is 0 Å². The number of hydrogen-bond acceptors (Lipinski definition) is 3. The predicted molar refractivity (Wildman–Crippen MR) is 59.6 cm³/mol. The van der Waals surface area contributed by atoms with Gasteiger partial charge in [0.2, 0.25) is 5.52 Å². The molecular weight excluding hydrogens is 285 g/mol. The Labute approximate surface area is 97.9 Å². The minimum atomic E-state index is -0.602. The van der Waals surface area contributed by atoms with Gasteiger partial charge in [0.15, 0.2) is 0 Å². The second-order valence-corrected chi connectivity index (χ2v) is 4.21. The van der Waals surface area contributed by atoms with Crippen LogP contribution in [0.15, 0.2) is 16.7 Å². The molecule has 0 aliphatic heterocycles. The number of nitro groups is 1. The van der Waals surface area contributed by atoms with E-state index in [9.17, 15) is 10.1 Å². The maximum Gasteiger partial charge on any atom is 0.211 e. The van der Waals surface area contributed by atoms with Gasteiger partial charge < -0.3 is 10.1 Å². The highest BCUT2D eigenvalue weighted by Crippen LogP contribution is 2.33. The third-order valence-corrected chi connectivity index (χ3v) is 3.57. The van der Waals surface area contributed by atoms with Gasteiger partial charge in [-0.15, -0.1) is 0 Å². The molecule has 1 aromatic heterocycles. The van der Waals surface area contributed by atoms with Crippen molar-refractivity contribution in [3.63, 3.8) is 0 Å². The highest BCUT2D eigenvalue weighted by atomic mass is 79.9. The van der Waals surface area contributed by atoms with Crippen LogP contribution in [0.25, 0.3) is 10.9 Å². The van der Waals surface area contributed by atoms with Crippen LogP contribution in [0.4, 0.5) is 0 Å². The standard InChI is InChI=1S/C8H5BrClN3O2/c1-4-2-6-5(7(9)8(4)10)3-12(11-6)13(14)15/h2-3H,1H3. The summed E-state index contributed by atoms with van der Waals surface area (Å²) in [6.45, 7) is 1.82. The molecule has 0 amide bonds. The Morgan fingerprint density at radius 2 is 2.33 bits per heavy atom. The van der Waals surface area contributed by atoms with Crippen molar-refractivity contribution in [2.24, 2.45) is 0 Å². The average Bonchev–Trinajstić information content (AvgIpc) is 2.58. The molecule has 1 heterocycles. The monoisotopic (exact) mass is 289 g/mol. The van der Waals surface area contributed by atoms with E-state index in [4.69, 9.17) is 11.6 Å². The molecule has 0 radical (unpaired) electrons. The van der Waals surface area contributed by atoms with Gasteiger partial charge in [-0.25, -0.2) is 0 Å². The third-order valence-electron chi connectivity index (χ3n) is 2.03. The van der Waals surface area contributed by atoms with E-state index in [-0.39, 0.29) is 0 Å². The van der Waals surface area contributed by atoms with Crippen LogP contribution in [0.1, 0.15) is 5.56 Å². The Morgan fingerprint density at radius 3 is 2.93 bits per heavy atom. The molecule has 15 heavy (non-hydrogen) atoms. The molecule has 0 aliphatic carbocycles. The fraction of sp³-hybridized carbons (Fsp3) is 0.125. The molecule has 2 rings (SSSR count). The van der Waals surface area contributed by atoms with Gasteiger partial charge in [0, 0.05) is 9.26 Å². The van der Waals surface area contributed by atoms with Crippen LogP contribution in [0.2, 0.25) is 5.02 Å². The van der Waals surface area contributed by atoms with Crippen LogP contribution >= 0.6 is 27.5 Å². The van der Waals surface area contributed by atoms with Crippen molar-refractivity contribution in [2.45, 2.75) is 6.92 Å². The zero-order valence-electron chi connectivity index (χ0n) is 7.57. The summed E-state index contributed by atoms with van der Waals surface area (Å²) in [7, 11) is 0. The molecule has 0 N–H and O–H groups in total. The number of aromatic nitrogens is 2. The van der Waals surface area contributed by atoms with Gasteiger partial charge >= 0.3 is 0 Å².